The molecule has 1 N–H and O–H groups in total. The number of nitrogens with zero attached hydrogens (tertiary/aromatic N) is 5. The van der Waals surface area contributed by atoms with E-state index < -0.39 is 0 Å². The third kappa shape index (κ3) is 3.30. The van der Waals surface area contributed by atoms with Crippen LogP contribution in [0, 0.1) is 0 Å². The minimum Gasteiger partial charge on any atom is -0.372 e. The first-order chi connectivity index (χ1) is 8.69. The molecule has 2 aromatic heterocycles. The molecule has 2 heterocycles. The molecule has 0 spiro atoms. The summed E-state index contributed by atoms with van der Waals surface area (Å²) in [4.78, 5) is 10.5. The Hall–Kier alpha value is -1.41. The molecule has 0 amide bonds. The van der Waals surface area contributed by atoms with E-state index >= 15 is 0 Å². The third-order valence-electron chi connectivity index (χ3n) is 2.08. The molecule has 2 rings (SSSR count). The van der Waals surface area contributed by atoms with Crippen LogP contribution in [0.25, 0.3) is 0 Å². The van der Waals surface area contributed by atoms with Crippen molar-refractivity contribution < 1.29 is 0 Å². The molecule has 18 heavy (non-hydrogen) atoms. The van der Waals surface area contributed by atoms with Gasteiger partial charge >= 0.3 is 0 Å². The van der Waals surface area contributed by atoms with Crippen molar-refractivity contribution in [3.8, 4) is 0 Å². The van der Waals surface area contributed by atoms with Gasteiger partial charge in [-0.2, -0.15) is 0 Å². The van der Waals surface area contributed by atoms with E-state index in [2.05, 4.69) is 25.5 Å². The first kappa shape index (κ1) is 13.0. The molecule has 0 aliphatic heterocycles. The fourth-order valence-corrected chi connectivity index (χ4v) is 2.79. The highest BCUT2D eigenvalue weighted by Crippen LogP contribution is 2.28. The molecule has 0 atom stereocenters. The van der Waals surface area contributed by atoms with Crippen LogP contribution in [-0.2, 0) is 5.75 Å². The monoisotopic (exact) mass is 282 g/mol. The number of anilines is 2. The molecule has 0 radical (unpaired) electrons. The Bertz CT molecular complexity index is 495. The molecule has 6 nitrogen and oxygen atoms in total. The van der Waals surface area contributed by atoms with Gasteiger partial charge in [0, 0.05) is 26.9 Å². The van der Waals surface area contributed by atoms with Gasteiger partial charge in [-0.3, -0.25) is 4.98 Å². The van der Waals surface area contributed by atoms with Crippen molar-refractivity contribution in [2.24, 2.45) is 0 Å². The lowest BCUT2D eigenvalue weighted by Gasteiger charge is -2.03. The summed E-state index contributed by atoms with van der Waals surface area (Å²) in [6.45, 7) is 0. The Morgan fingerprint density at radius 3 is 2.67 bits per heavy atom. The number of hydrogen-bond acceptors (Lipinski definition) is 8. The average molecular weight is 282 g/mol. The van der Waals surface area contributed by atoms with E-state index in [1.807, 2.05) is 26.0 Å². The van der Waals surface area contributed by atoms with E-state index in [0.717, 1.165) is 26.7 Å². The van der Waals surface area contributed by atoms with Crippen LogP contribution in [0.4, 0.5) is 10.9 Å². The molecule has 0 saturated carbocycles. The van der Waals surface area contributed by atoms with Gasteiger partial charge in [-0.25, -0.2) is 4.98 Å². The number of hydrogen-bond donors (Lipinski definition) is 1. The fraction of sp³-hybridized carbons (Fsp3) is 0.400. The lowest BCUT2D eigenvalue weighted by molar-refractivity contribution is 0.971. The van der Waals surface area contributed by atoms with Crippen molar-refractivity contribution in [3.63, 3.8) is 0 Å². The Kier molecular flexibility index (Phi) is 4.32. The maximum absolute atomic E-state index is 4.31. The van der Waals surface area contributed by atoms with E-state index in [1.165, 1.54) is 0 Å². The normalized spacial score (nSPS) is 10.4. The Morgan fingerprint density at radius 1 is 1.28 bits per heavy atom. The van der Waals surface area contributed by atoms with Gasteiger partial charge in [-0.1, -0.05) is 23.1 Å². The zero-order valence-electron chi connectivity index (χ0n) is 10.4. The van der Waals surface area contributed by atoms with Gasteiger partial charge in [0.15, 0.2) is 4.34 Å². The van der Waals surface area contributed by atoms with Crippen molar-refractivity contribution in [1.82, 2.24) is 20.2 Å². The molecule has 0 aromatic carbocycles. The number of nitrogens with one attached hydrogen (secondary N) is 1. The van der Waals surface area contributed by atoms with Crippen LogP contribution in [-0.4, -0.2) is 41.3 Å². The van der Waals surface area contributed by atoms with Gasteiger partial charge in [-0.05, 0) is 0 Å². The Labute approximate surface area is 114 Å². The maximum Gasteiger partial charge on any atom is 0.208 e. The fourth-order valence-electron chi connectivity index (χ4n) is 1.14. The summed E-state index contributed by atoms with van der Waals surface area (Å²) in [5.41, 5.74) is 0.931. The Morgan fingerprint density at radius 2 is 2.11 bits per heavy atom. The van der Waals surface area contributed by atoms with E-state index in [4.69, 9.17) is 0 Å². The molecule has 0 unspecified atom stereocenters. The van der Waals surface area contributed by atoms with Crippen molar-refractivity contribution in [2.75, 3.05) is 31.4 Å². The molecular formula is C10H14N6S2. The second kappa shape index (κ2) is 5.96. The van der Waals surface area contributed by atoms with E-state index in [-0.39, 0.29) is 0 Å². The smallest absolute Gasteiger partial charge is 0.208 e. The molecule has 0 fully saturated rings. The SMILES string of the molecule is CNc1cnc(CSc2nnc(N(C)C)s2)cn1. The van der Waals surface area contributed by atoms with E-state index in [1.54, 1.807) is 35.5 Å². The summed E-state index contributed by atoms with van der Waals surface area (Å²) >= 11 is 3.19. The highest BCUT2D eigenvalue weighted by molar-refractivity contribution is 8.00. The highest BCUT2D eigenvalue weighted by atomic mass is 32.2. The molecule has 8 heteroatoms. The van der Waals surface area contributed by atoms with Gasteiger partial charge in [0.25, 0.3) is 0 Å². The largest absolute Gasteiger partial charge is 0.372 e. The second-order valence-corrected chi connectivity index (χ2v) is 5.86. The van der Waals surface area contributed by atoms with Gasteiger partial charge in [0.05, 0.1) is 18.1 Å². The zero-order chi connectivity index (χ0) is 13.0. The van der Waals surface area contributed by atoms with Crippen LogP contribution < -0.4 is 10.2 Å². The lowest BCUT2D eigenvalue weighted by atomic mass is 10.5. The van der Waals surface area contributed by atoms with Crippen molar-refractivity contribution in [2.45, 2.75) is 10.1 Å². The van der Waals surface area contributed by atoms with Crippen LogP contribution in [0.1, 0.15) is 5.69 Å². The molecule has 0 aliphatic rings. The number of thioether (sulfide) groups is 1. The molecule has 2 aromatic rings. The van der Waals surface area contributed by atoms with E-state index in [0.29, 0.717) is 0 Å². The summed E-state index contributed by atoms with van der Waals surface area (Å²) in [5.74, 6) is 1.52. The quantitative estimate of drug-likeness (QED) is 0.838. The van der Waals surface area contributed by atoms with Crippen LogP contribution in [0.15, 0.2) is 16.7 Å². The van der Waals surface area contributed by atoms with Crippen LogP contribution in [0.3, 0.4) is 0 Å². The summed E-state index contributed by atoms with van der Waals surface area (Å²) in [5, 5.41) is 12.0. The number of aromatic nitrogens is 4. The van der Waals surface area contributed by atoms with Crippen molar-refractivity contribution in [1.29, 1.82) is 0 Å². The molecular weight excluding hydrogens is 268 g/mol. The van der Waals surface area contributed by atoms with Crippen LogP contribution in [0.5, 0.6) is 0 Å². The van der Waals surface area contributed by atoms with Gasteiger partial charge in [-0.15, -0.1) is 10.2 Å². The summed E-state index contributed by atoms with van der Waals surface area (Å²) in [6.07, 6.45) is 3.49. The minimum absolute atomic E-state index is 0.749. The third-order valence-corrected chi connectivity index (χ3v) is 4.34. The number of rotatable bonds is 5. The highest BCUT2D eigenvalue weighted by Gasteiger charge is 2.07. The Balaban J connectivity index is 1.93. The standard InChI is InChI=1S/C10H14N6S2/c1-11-8-5-12-7(4-13-8)6-17-10-15-14-9(18-10)16(2)3/h4-5H,6H2,1-3H3,(H,11,13). The molecule has 96 valence electrons. The zero-order valence-corrected chi connectivity index (χ0v) is 12.0. The van der Waals surface area contributed by atoms with Gasteiger partial charge < -0.3 is 10.2 Å². The topological polar surface area (TPSA) is 66.8 Å². The summed E-state index contributed by atoms with van der Waals surface area (Å²) < 4.78 is 0.943. The molecule has 0 aliphatic carbocycles. The first-order valence-electron chi connectivity index (χ1n) is 5.31. The maximum atomic E-state index is 4.31. The van der Waals surface area contributed by atoms with Gasteiger partial charge in [0.1, 0.15) is 5.82 Å². The van der Waals surface area contributed by atoms with Gasteiger partial charge in [0.2, 0.25) is 5.13 Å². The molecule has 0 bridgehead atoms. The first-order valence-corrected chi connectivity index (χ1v) is 7.11. The minimum atomic E-state index is 0.749. The molecule has 0 saturated heterocycles. The van der Waals surface area contributed by atoms with E-state index in [9.17, 15) is 0 Å². The predicted molar refractivity (Wildman–Crippen MR) is 75.4 cm³/mol. The van der Waals surface area contributed by atoms with Crippen molar-refractivity contribution in [3.05, 3.63) is 18.1 Å². The van der Waals surface area contributed by atoms with Crippen LogP contribution >= 0.6 is 23.1 Å². The second-order valence-electron chi connectivity index (χ2n) is 3.68. The summed E-state index contributed by atoms with van der Waals surface area (Å²) in [6, 6.07) is 0. The predicted octanol–water partition coefficient (Wildman–Crippen LogP) is 1.73. The van der Waals surface area contributed by atoms with Crippen molar-refractivity contribution >= 4 is 34.0 Å². The average Bonchev–Trinajstić information content (AvgIpc) is 2.86. The lowest BCUT2D eigenvalue weighted by Crippen LogP contribution is -2.07. The van der Waals surface area contributed by atoms with Crippen LogP contribution in [0.2, 0.25) is 0 Å². The summed E-state index contributed by atoms with van der Waals surface area (Å²) in [7, 11) is 5.73.